The minimum Gasteiger partial charge on any atom is -0.493 e. The van der Waals surface area contributed by atoms with E-state index in [0.717, 1.165) is 68.7 Å². The van der Waals surface area contributed by atoms with Crippen LogP contribution in [0, 0.1) is 5.41 Å². The topological polar surface area (TPSA) is 34.2 Å². The van der Waals surface area contributed by atoms with Crippen LogP contribution in [0.4, 0.5) is 5.69 Å². The number of ether oxygens (including phenoxy) is 3. The van der Waals surface area contributed by atoms with Crippen molar-refractivity contribution in [3.05, 3.63) is 52.5 Å². The summed E-state index contributed by atoms with van der Waals surface area (Å²) >= 11 is 6.04. The third-order valence-corrected chi connectivity index (χ3v) is 6.86. The van der Waals surface area contributed by atoms with Crippen LogP contribution >= 0.6 is 36.4 Å². The van der Waals surface area contributed by atoms with Crippen LogP contribution in [0.5, 0.6) is 11.5 Å². The molecule has 4 rings (SSSR count). The lowest BCUT2D eigenvalue weighted by molar-refractivity contribution is 0.000910. The number of rotatable bonds is 6. The van der Waals surface area contributed by atoms with E-state index in [9.17, 15) is 0 Å². The molecule has 1 saturated heterocycles. The first-order valence-electron chi connectivity index (χ1n) is 11.5. The van der Waals surface area contributed by atoms with Gasteiger partial charge in [0.05, 0.1) is 26.9 Å². The van der Waals surface area contributed by atoms with Crippen molar-refractivity contribution >= 4 is 42.1 Å². The van der Waals surface area contributed by atoms with Crippen molar-refractivity contribution in [3.63, 3.8) is 0 Å². The maximum atomic E-state index is 6.46. The summed E-state index contributed by atoms with van der Waals surface area (Å²) in [6, 6.07) is 12.4. The van der Waals surface area contributed by atoms with E-state index in [-0.39, 0.29) is 36.3 Å². The molecule has 0 radical (unpaired) electrons. The zero-order chi connectivity index (χ0) is 22.7. The van der Waals surface area contributed by atoms with Crippen molar-refractivity contribution in [1.82, 2.24) is 4.90 Å². The summed E-state index contributed by atoms with van der Waals surface area (Å²) in [6.45, 7) is 10.5. The van der Waals surface area contributed by atoms with Gasteiger partial charge in [-0.2, -0.15) is 0 Å². The molecule has 0 amide bonds. The van der Waals surface area contributed by atoms with E-state index >= 15 is 0 Å². The van der Waals surface area contributed by atoms with Crippen LogP contribution in [-0.4, -0.2) is 58.5 Å². The van der Waals surface area contributed by atoms with Gasteiger partial charge in [-0.3, -0.25) is 4.90 Å². The van der Waals surface area contributed by atoms with Gasteiger partial charge in [-0.15, -0.1) is 24.8 Å². The summed E-state index contributed by atoms with van der Waals surface area (Å²) in [4.78, 5) is 4.98. The largest absolute Gasteiger partial charge is 0.493 e. The molecule has 0 bridgehead atoms. The molecule has 0 aliphatic carbocycles. The Bertz CT molecular complexity index is 916. The standard InChI is InChI=1S/C26H35ClN2O3.2ClH/c1-26(2)17-19-15-24(30-3)25(31-4)16-22(19)23(32-18-26)9-10-28-11-13-29(14-12-28)21-7-5-20(27)6-8-21;;/h5-8,15-16,23H,9-14,17-18H2,1-4H3;2*1H. The lowest BCUT2D eigenvalue weighted by Gasteiger charge is -2.36. The van der Waals surface area contributed by atoms with Crippen molar-refractivity contribution < 1.29 is 14.2 Å². The van der Waals surface area contributed by atoms with Crippen LogP contribution in [0.1, 0.15) is 37.5 Å². The van der Waals surface area contributed by atoms with Crippen molar-refractivity contribution in [2.75, 3.05) is 58.5 Å². The van der Waals surface area contributed by atoms with Crippen molar-refractivity contribution in [2.24, 2.45) is 5.41 Å². The zero-order valence-corrected chi connectivity index (χ0v) is 22.9. The highest BCUT2D eigenvalue weighted by molar-refractivity contribution is 6.30. The van der Waals surface area contributed by atoms with Gasteiger partial charge in [0.1, 0.15) is 0 Å². The number of hydrogen-bond donors (Lipinski definition) is 0. The third-order valence-electron chi connectivity index (χ3n) is 6.61. The Morgan fingerprint density at radius 2 is 1.59 bits per heavy atom. The normalized spacial score (nSPS) is 19.8. The number of anilines is 1. The van der Waals surface area contributed by atoms with E-state index in [1.807, 2.05) is 12.1 Å². The number of halogens is 3. The van der Waals surface area contributed by atoms with Crippen molar-refractivity contribution in [3.8, 4) is 11.5 Å². The van der Waals surface area contributed by atoms with Crippen molar-refractivity contribution in [2.45, 2.75) is 32.8 Å². The maximum Gasteiger partial charge on any atom is 0.161 e. The van der Waals surface area contributed by atoms with E-state index < -0.39 is 0 Å². The fourth-order valence-corrected chi connectivity index (χ4v) is 4.92. The second-order valence-electron chi connectivity index (χ2n) is 9.64. The second-order valence-corrected chi connectivity index (χ2v) is 10.1. The molecule has 8 heteroatoms. The second kappa shape index (κ2) is 12.5. The molecule has 2 heterocycles. The Labute approximate surface area is 221 Å². The Morgan fingerprint density at radius 1 is 0.971 bits per heavy atom. The smallest absolute Gasteiger partial charge is 0.161 e. The van der Waals surface area contributed by atoms with Crippen LogP contribution in [-0.2, 0) is 11.2 Å². The number of benzene rings is 2. The van der Waals surface area contributed by atoms with Gasteiger partial charge in [0, 0.05) is 43.4 Å². The summed E-state index contributed by atoms with van der Waals surface area (Å²) in [7, 11) is 3.39. The number of hydrogen-bond acceptors (Lipinski definition) is 5. The maximum absolute atomic E-state index is 6.46. The Kier molecular flexibility index (Phi) is 10.7. The van der Waals surface area contributed by atoms with Gasteiger partial charge >= 0.3 is 0 Å². The molecule has 5 nitrogen and oxygen atoms in total. The molecule has 2 aromatic carbocycles. The SMILES string of the molecule is COc1cc2c(cc1OC)C(CCN1CCN(c3ccc(Cl)cc3)CC1)OCC(C)(C)C2.Cl.Cl. The van der Waals surface area contributed by atoms with Gasteiger partial charge < -0.3 is 19.1 Å². The summed E-state index contributed by atoms with van der Waals surface area (Å²) in [5, 5.41) is 0.786. The summed E-state index contributed by atoms with van der Waals surface area (Å²) in [5.74, 6) is 1.57. The minimum atomic E-state index is 0. The molecule has 0 saturated carbocycles. The molecule has 34 heavy (non-hydrogen) atoms. The van der Waals surface area contributed by atoms with E-state index in [4.69, 9.17) is 25.8 Å². The zero-order valence-electron chi connectivity index (χ0n) is 20.5. The van der Waals surface area contributed by atoms with Gasteiger partial charge in [0.15, 0.2) is 11.5 Å². The van der Waals surface area contributed by atoms with Crippen LogP contribution in [0.15, 0.2) is 36.4 Å². The molecule has 2 aromatic rings. The van der Waals surface area contributed by atoms with Crippen LogP contribution < -0.4 is 14.4 Å². The summed E-state index contributed by atoms with van der Waals surface area (Å²) < 4.78 is 17.6. The molecule has 0 spiro atoms. The van der Waals surface area contributed by atoms with Crippen LogP contribution in [0.3, 0.4) is 0 Å². The minimum absolute atomic E-state index is 0. The van der Waals surface area contributed by atoms with Gasteiger partial charge in [-0.1, -0.05) is 25.4 Å². The number of nitrogens with zero attached hydrogens (tertiary/aromatic N) is 2. The van der Waals surface area contributed by atoms with Crippen LogP contribution in [0.25, 0.3) is 0 Å². The van der Waals surface area contributed by atoms with Crippen molar-refractivity contribution in [1.29, 1.82) is 0 Å². The first-order valence-corrected chi connectivity index (χ1v) is 11.9. The predicted octanol–water partition coefficient (Wildman–Crippen LogP) is 6.05. The summed E-state index contributed by atoms with van der Waals surface area (Å²) in [6.07, 6.45) is 2.01. The summed E-state index contributed by atoms with van der Waals surface area (Å²) in [5.41, 5.74) is 3.89. The first-order chi connectivity index (χ1) is 15.4. The highest BCUT2D eigenvalue weighted by Crippen LogP contribution is 2.41. The molecule has 190 valence electrons. The quantitative estimate of drug-likeness (QED) is 0.453. The van der Waals surface area contributed by atoms with Gasteiger partial charge in [0.2, 0.25) is 0 Å². The average molecular weight is 532 g/mol. The third kappa shape index (κ3) is 6.86. The number of fused-ring (bicyclic) bond motifs is 1. The highest BCUT2D eigenvalue weighted by Gasteiger charge is 2.31. The number of piperazine rings is 1. The molecule has 0 aromatic heterocycles. The lowest BCUT2D eigenvalue weighted by Crippen LogP contribution is -2.46. The van der Waals surface area contributed by atoms with E-state index in [1.165, 1.54) is 16.8 Å². The molecule has 2 aliphatic heterocycles. The molecule has 2 aliphatic rings. The first kappa shape index (κ1) is 28.9. The monoisotopic (exact) mass is 530 g/mol. The highest BCUT2D eigenvalue weighted by atomic mass is 35.5. The Morgan fingerprint density at radius 3 is 2.21 bits per heavy atom. The molecule has 1 unspecified atom stereocenters. The molecule has 0 N–H and O–H groups in total. The van der Waals surface area contributed by atoms with Gasteiger partial charge in [-0.25, -0.2) is 0 Å². The fraction of sp³-hybridized carbons (Fsp3) is 0.538. The lowest BCUT2D eigenvalue weighted by atomic mass is 9.85. The van der Waals surface area contributed by atoms with Gasteiger partial charge in [-0.05, 0) is 65.8 Å². The average Bonchev–Trinajstić information content (AvgIpc) is 2.92. The Balaban J connectivity index is 0.00000204. The van der Waals surface area contributed by atoms with Crippen LogP contribution in [0.2, 0.25) is 5.02 Å². The predicted molar refractivity (Wildman–Crippen MR) is 145 cm³/mol. The molecular weight excluding hydrogens is 495 g/mol. The van der Waals surface area contributed by atoms with E-state index in [0.29, 0.717) is 0 Å². The molecule has 1 fully saturated rings. The fourth-order valence-electron chi connectivity index (χ4n) is 4.79. The van der Waals surface area contributed by atoms with E-state index in [2.05, 4.69) is 47.9 Å². The molecular formula is C26H37Cl3N2O3. The molecule has 1 atom stereocenters. The van der Waals surface area contributed by atoms with E-state index in [1.54, 1.807) is 14.2 Å². The Hall–Kier alpha value is -1.37. The van der Waals surface area contributed by atoms with Gasteiger partial charge in [0.25, 0.3) is 0 Å². The number of methoxy groups -OCH3 is 2.